The molecule has 1 aliphatic carbocycles. The number of carbonyl (C=O) groups excluding carboxylic acids is 2. The Morgan fingerprint density at radius 1 is 1.22 bits per heavy atom. The van der Waals surface area contributed by atoms with Crippen LogP contribution in [0.2, 0.25) is 0 Å². The average molecular weight is 329 g/mol. The normalized spacial score (nSPS) is 16.8. The Kier molecular flexibility index (Phi) is 9.87. The highest BCUT2D eigenvalue weighted by Gasteiger charge is 2.24. The molecule has 1 atom stereocenters. The van der Waals surface area contributed by atoms with Crippen LogP contribution < -0.4 is 0 Å². The summed E-state index contributed by atoms with van der Waals surface area (Å²) in [6, 6.07) is 0. The Bertz CT molecular complexity index is 355. The lowest BCUT2D eigenvalue weighted by molar-refractivity contribution is -0.146. The summed E-state index contributed by atoms with van der Waals surface area (Å²) in [5.74, 6) is -0.115. The van der Waals surface area contributed by atoms with Crippen molar-refractivity contribution in [1.82, 2.24) is 4.90 Å². The molecule has 0 bridgehead atoms. The van der Waals surface area contributed by atoms with Crippen LogP contribution in [0.4, 0.5) is 0 Å². The van der Waals surface area contributed by atoms with Crippen LogP contribution in [-0.2, 0) is 19.1 Å². The lowest BCUT2D eigenvalue weighted by Gasteiger charge is -2.28. The Morgan fingerprint density at radius 3 is 2.52 bits per heavy atom. The summed E-state index contributed by atoms with van der Waals surface area (Å²) in [5, 5.41) is 8.74. The summed E-state index contributed by atoms with van der Waals surface area (Å²) < 4.78 is 10.0. The van der Waals surface area contributed by atoms with Gasteiger partial charge in [-0.15, -0.1) is 0 Å². The number of esters is 1. The van der Waals surface area contributed by atoms with Crippen LogP contribution in [0.25, 0.3) is 0 Å². The number of carbonyl (C=O) groups is 2. The van der Waals surface area contributed by atoms with E-state index in [4.69, 9.17) is 14.6 Å². The van der Waals surface area contributed by atoms with Gasteiger partial charge in [-0.2, -0.15) is 0 Å². The van der Waals surface area contributed by atoms with E-state index >= 15 is 0 Å². The standard InChI is InChI=1S/C17H31NO5/c1-14(17(21)22-2)13-18(8-10-23-11-9-19)16(20)12-15-6-4-3-5-7-15/h14-15,19H,3-13H2,1-2H3. The first-order chi connectivity index (χ1) is 11.1. The third-order valence-corrected chi connectivity index (χ3v) is 4.38. The monoisotopic (exact) mass is 329 g/mol. The van der Waals surface area contributed by atoms with Gasteiger partial charge in [0.05, 0.1) is 32.8 Å². The van der Waals surface area contributed by atoms with Crippen LogP contribution in [-0.4, -0.2) is 61.9 Å². The molecule has 23 heavy (non-hydrogen) atoms. The number of amides is 1. The average Bonchev–Trinajstić information content (AvgIpc) is 2.57. The van der Waals surface area contributed by atoms with Crippen molar-refractivity contribution in [3.8, 4) is 0 Å². The molecular formula is C17H31NO5. The van der Waals surface area contributed by atoms with Gasteiger partial charge in [0.2, 0.25) is 5.91 Å². The second kappa shape index (κ2) is 11.4. The molecule has 0 aromatic carbocycles. The fourth-order valence-corrected chi connectivity index (χ4v) is 3.03. The van der Waals surface area contributed by atoms with E-state index in [9.17, 15) is 9.59 Å². The van der Waals surface area contributed by atoms with E-state index in [-0.39, 0.29) is 31.0 Å². The van der Waals surface area contributed by atoms with Crippen molar-refractivity contribution in [3.05, 3.63) is 0 Å². The number of nitrogens with zero attached hydrogens (tertiary/aromatic N) is 1. The zero-order valence-electron chi connectivity index (χ0n) is 14.5. The van der Waals surface area contributed by atoms with Gasteiger partial charge in [-0.3, -0.25) is 9.59 Å². The second-order valence-electron chi connectivity index (χ2n) is 6.31. The molecule has 1 aliphatic rings. The van der Waals surface area contributed by atoms with E-state index in [2.05, 4.69) is 0 Å². The van der Waals surface area contributed by atoms with Gasteiger partial charge in [0, 0.05) is 19.5 Å². The second-order valence-corrected chi connectivity index (χ2v) is 6.31. The Labute approximate surface area is 139 Å². The number of hydrogen-bond donors (Lipinski definition) is 1. The van der Waals surface area contributed by atoms with E-state index in [1.807, 2.05) is 0 Å². The SMILES string of the molecule is COC(=O)C(C)CN(CCOCCO)C(=O)CC1CCCCC1. The largest absolute Gasteiger partial charge is 0.469 e. The van der Waals surface area contributed by atoms with Crippen LogP contribution >= 0.6 is 0 Å². The van der Waals surface area contributed by atoms with Crippen molar-refractivity contribution in [3.63, 3.8) is 0 Å². The summed E-state index contributed by atoms with van der Waals surface area (Å²) in [6.45, 7) is 3.14. The highest BCUT2D eigenvalue weighted by atomic mass is 16.5. The van der Waals surface area contributed by atoms with Crippen molar-refractivity contribution in [2.75, 3.05) is 40.0 Å². The predicted molar refractivity (Wildman–Crippen MR) is 86.9 cm³/mol. The lowest BCUT2D eigenvalue weighted by Crippen LogP contribution is -2.40. The van der Waals surface area contributed by atoms with Gasteiger partial charge in [0.15, 0.2) is 0 Å². The molecule has 0 radical (unpaired) electrons. The minimum atomic E-state index is -0.354. The van der Waals surface area contributed by atoms with Crippen LogP contribution in [0.15, 0.2) is 0 Å². The molecule has 1 amide bonds. The molecule has 1 rings (SSSR count). The molecule has 0 heterocycles. The van der Waals surface area contributed by atoms with E-state index in [0.717, 1.165) is 12.8 Å². The van der Waals surface area contributed by atoms with Gasteiger partial charge in [0.25, 0.3) is 0 Å². The maximum atomic E-state index is 12.6. The number of hydrogen-bond acceptors (Lipinski definition) is 5. The van der Waals surface area contributed by atoms with Crippen molar-refractivity contribution < 1.29 is 24.2 Å². The van der Waals surface area contributed by atoms with Crippen LogP contribution in [0.3, 0.4) is 0 Å². The van der Waals surface area contributed by atoms with Crippen LogP contribution in [0.1, 0.15) is 45.4 Å². The first kappa shape index (κ1) is 19.9. The van der Waals surface area contributed by atoms with Gasteiger partial charge in [-0.25, -0.2) is 0 Å². The maximum Gasteiger partial charge on any atom is 0.310 e. The summed E-state index contributed by atoms with van der Waals surface area (Å²) in [7, 11) is 1.36. The smallest absolute Gasteiger partial charge is 0.310 e. The molecule has 1 unspecified atom stereocenters. The molecular weight excluding hydrogens is 298 g/mol. The molecule has 0 saturated heterocycles. The van der Waals surface area contributed by atoms with E-state index < -0.39 is 0 Å². The summed E-state index contributed by atoms with van der Waals surface area (Å²) >= 11 is 0. The molecule has 0 aromatic rings. The number of rotatable bonds is 10. The van der Waals surface area contributed by atoms with Gasteiger partial charge in [0.1, 0.15) is 0 Å². The third-order valence-electron chi connectivity index (χ3n) is 4.38. The summed E-state index contributed by atoms with van der Waals surface area (Å²) in [6.07, 6.45) is 6.46. The van der Waals surface area contributed by atoms with Gasteiger partial charge in [-0.1, -0.05) is 26.2 Å². The topological polar surface area (TPSA) is 76.1 Å². The molecule has 134 valence electrons. The molecule has 1 N–H and O–H groups in total. The Balaban J connectivity index is 2.52. The number of aliphatic hydroxyl groups excluding tert-OH is 1. The fraction of sp³-hybridized carbons (Fsp3) is 0.882. The Hall–Kier alpha value is -1.14. The van der Waals surface area contributed by atoms with Crippen molar-refractivity contribution >= 4 is 11.9 Å². The van der Waals surface area contributed by atoms with Gasteiger partial charge in [-0.05, 0) is 18.8 Å². The van der Waals surface area contributed by atoms with Crippen LogP contribution in [0.5, 0.6) is 0 Å². The van der Waals surface area contributed by atoms with E-state index in [0.29, 0.717) is 32.0 Å². The zero-order chi connectivity index (χ0) is 17.1. The van der Waals surface area contributed by atoms with Gasteiger partial charge < -0.3 is 19.5 Å². The van der Waals surface area contributed by atoms with Crippen molar-refractivity contribution in [2.24, 2.45) is 11.8 Å². The van der Waals surface area contributed by atoms with E-state index in [1.165, 1.54) is 26.4 Å². The molecule has 6 heteroatoms. The third kappa shape index (κ3) is 7.79. The molecule has 0 aliphatic heterocycles. The highest BCUT2D eigenvalue weighted by Crippen LogP contribution is 2.27. The molecule has 1 saturated carbocycles. The summed E-state index contributed by atoms with van der Waals surface area (Å²) in [5.41, 5.74) is 0. The predicted octanol–water partition coefficient (Wildman–Crippen LogP) is 1.60. The number of aliphatic hydroxyl groups is 1. The number of methoxy groups -OCH3 is 1. The maximum absolute atomic E-state index is 12.6. The Morgan fingerprint density at radius 2 is 1.91 bits per heavy atom. The quantitative estimate of drug-likeness (QED) is 0.487. The zero-order valence-corrected chi connectivity index (χ0v) is 14.5. The minimum absolute atomic E-state index is 0.0332. The van der Waals surface area contributed by atoms with Crippen molar-refractivity contribution in [1.29, 1.82) is 0 Å². The molecule has 6 nitrogen and oxygen atoms in total. The van der Waals surface area contributed by atoms with E-state index in [1.54, 1.807) is 11.8 Å². The minimum Gasteiger partial charge on any atom is -0.469 e. The molecule has 0 spiro atoms. The highest BCUT2D eigenvalue weighted by molar-refractivity contribution is 5.78. The molecule has 0 aromatic heterocycles. The van der Waals surface area contributed by atoms with Crippen LogP contribution in [0, 0.1) is 11.8 Å². The lowest BCUT2D eigenvalue weighted by atomic mass is 9.86. The summed E-state index contributed by atoms with van der Waals surface area (Å²) in [4.78, 5) is 25.9. The van der Waals surface area contributed by atoms with Gasteiger partial charge >= 0.3 is 5.97 Å². The molecule has 1 fully saturated rings. The first-order valence-corrected chi connectivity index (χ1v) is 8.62. The number of ether oxygens (including phenoxy) is 2. The fourth-order valence-electron chi connectivity index (χ4n) is 3.03. The van der Waals surface area contributed by atoms with Crippen molar-refractivity contribution in [2.45, 2.75) is 45.4 Å². The first-order valence-electron chi connectivity index (χ1n) is 8.62.